The lowest BCUT2D eigenvalue weighted by Gasteiger charge is -2.12. The van der Waals surface area contributed by atoms with Gasteiger partial charge in [0.05, 0.1) is 12.7 Å². The van der Waals surface area contributed by atoms with E-state index in [1.165, 1.54) is 7.11 Å². The molecule has 0 spiro atoms. The van der Waals surface area contributed by atoms with Gasteiger partial charge in [0, 0.05) is 22.9 Å². The number of hydrogen-bond donors (Lipinski definition) is 2. The van der Waals surface area contributed by atoms with Gasteiger partial charge in [-0.1, -0.05) is 6.07 Å². The number of ether oxygens (including phenoxy) is 1. The first-order chi connectivity index (χ1) is 12.5. The lowest BCUT2D eigenvalue weighted by atomic mass is 10.1. The number of amides is 2. The Morgan fingerprint density at radius 2 is 1.69 bits per heavy atom. The molecule has 0 atom stereocenters. The first kappa shape index (κ1) is 17.7. The van der Waals surface area contributed by atoms with Gasteiger partial charge in [0.1, 0.15) is 0 Å². The summed E-state index contributed by atoms with van der Waals surface area (Å²) in [5.74, 6) is -0.593. The van der Waals surface area contributed by atoms with Gasteiger partial charge in [-0.15, -0.1) is 0 Å². The van der Waals surface area contributed by atoms with E-state index in [0.717, 1.165) is 12.8 Å². The molecule has 3 rings (SSSR count). The van der Waals surface area contributed by atoms with Crippen molar-refractivity contribution in [3.05, 3.63) is 59.2 Å². The van der Waals surface area contributed by atoms with Gasteiger partial charge in [0.2, 0.25) is 5.91 Å². The van der Waals surface area contributed by atoms with Crippen LogP contribution in [0.1, 0.15) is 39.1 Å². The number of benzene rings is 2. The van der Waals surface area contributed by atoms with E-state index in [4.69, 9.17) is 4.74 Å². The van der Waals surface area contributed by atoms with Gasteiger partial charge < -0.3 is 15.4 Å². The number of rotatable bonds is 5. The third kappa shape index (κ3) is 3.91. The van der Waals surface area contributed by atoms with Crippen molar-refractivity contribution >= 4 is 29.2 Å². The summed E-state index contributed by atoms with van der Waals surface area (Å²) in [6.45, 7) is 1.75. The predicted octanol–water partition coefficient (Wildman–Crippen LogP) is 3.38. The molecule has 0 unspecified atom stereocenters. The fourth-order valence-electron chi connectivity index (χ4n) is 2.59. The highest BCUT2D eigenvalue weighted by molar-refractivity contribution is 6.06. The minimum absolute atomic E-state index is 0.0254. The molecule has 1 saturated carbocycles. The second-order valence-electron chi connectivity index (χ2n) is 6.26. The summed E-state index contributed by atoms with van der Waals surface area (Å²) in [7, 11) is 1.32. The second-order valence-corrected chi connectivity index (χ2v) is 6.26. The first-order valence-corrected chi connectivity index (χ1v) is 8.40. The minimum atomic E-state index is -0.450. The van der Waals surface area contributed by atoms with E-state index in [-0.39, 0.29) is 17.7 Å². The molecule has 2 amide bonds. The topological polar surface area (TPSA) is 84.5 Å². The number of carbonyl (C=O) groups excluding carboxylic acids is 3. The molecule has 26 heavy (non-hydrogen) atoms. The van der Waals surface area contributed by atoms with Crippen LogP contribution in [0, 0.1) is 12.8 Å². The highest BCUT2D eigenvalue weighted by Gasteiger charge is 2.29. The lowest BCUT2D eigenvalue weighted by molar-refractivity contribution is -0.117. The molecule has 2 aromatic carbocycles. The number of anilines is 2. The molecule has 1 fully saturated rings. The largest absolute Gasteiger partial charge is 0.465 e. The van der Waals surface area contributed by atoms with Crippen LogP contribution in [0.3, 0.4) is 0 Å². The molecule has 2 aromatic rings. The molecule has 0 saturated heterocycles. The Hall–Kier alpha value is -3.15. The van der Waals surface area contributed by atoms with E-state index >= 15 is 0 Å². The molecule has 1 aliphatic carbocycles. The first-order valence-electron chi connectivity index (χ1n) is 8.40. The third-order valence-corrected chi connectivity index (χ3v) is 4.35. The molecule has 0 aliphatic heterocycles. The third-order valence-electron chi connectivity index (χ3n) is 4.35. The molecular formula is C20H20N2O4. The maximum absolute atomic E-state index is 12.5. The van der Waals surface area contributed by atoms with Gasteiger partial charge in [-0.05, 0) is 61.7 Å². The van der Waals surface area contributed by atoms with Crippen LogP contribution in [0.5, 0.6) is 0 Å². The monoisotopic (exact) mass is 352 g/mol. The van der Waals surface area contributed by atoms with Gasteiger partial charge in [-0.2, -0.15) is 0 Å². The van der Waals surface area contributed by atoms with Crippen molar-refractivity contribution < 1.29 is 19.1 Å². The Labute approximate surface area is 151 Å². The molecule has 0 radical (unpaired) electrons. The maximum atomic E-state index is 12.5. The quantitative estimate of drug-likeness (QED) is 0.808. The van der Waals surface area contributed by atoms with E-state index in [1.807, 2.05) is 0 Å². The Morgan fingerprint density at radius 1 is 1.00 bits per heavy atom. The predicted molar refractivity (Wildman–Crippen MR) is 98.3 cm³/mol. The van der Waals surface area contributed by atoms with Crippen LogP contribution in [0.15, 0.2) is 42.5 Å². The van der Waals surface area contributed by atoms with Crippen LogP contribution >= 0.6 is 0 Å². The van der Waals surface area contributed by atoms with E-state index in [2.05, 4.69) is 10.6 Å². The van der Waals surface area contributed by atoms with E-state index < -0.39 is 5.97 Å². The molecule has 134 valence electrons. The zero-order valence-electron chi connectivity index (χ0n) is 14.7. The number of carbonyl (C=O) groups is 3. The summed E-state index contributed by atoms with van der Waals surface area (Å²) < 4.78 is 4.74. The van der Waals surface area contributed by atoms with Crippen molar-refractivity contribution in [2.24, 2.45) is 5.92 Å². The van der Waals surface area contributed by atoms with E-state index in [0.29, 0.717) is 28.1 Å². The highest BCUT2D eigenvalue weighted by Crippen LogP contribution is 2.30. The molecule has 6 heteroatoms. The fourth-order valence-corrected chi connectivity index (χ4v) is 2.59. The minimum Gasteiger partial charge on any atom is -0.465 e. The van der Waals surface area contributed by atoms with Crippen molar-refractivity contribution in [3.8, 4) is 0 Å². The van der Waals surface area contributed by atoms with E-state index in [1.54, 1.807) is 49.4 Å². The average molecular weight is 352 g/mol. The molecule has 0 bridgehead atoms. The van der Waals surface area contributed by atoms with Crippen LogP contribution in [0.25, 0.3) is 0 Å². The Bertz CT molecular complexity index is 855. The van der Waals surface area contributed by atoms with Crippen LogP contribution in [-0.2, 0) is 9.53 Å². The Kier molecular flexibility index (Phi) is 5.02. The van der Waals surface area contributed by atoms with Crippen molar-refractivity contribution in [3.63, 3.8) is 0 Å². The summed E-state index contributed by atoms with van der Waals surface area (Å²) in [5, 5.41) is 5.63. The van der Waals surface area contributed by atoms with Crippen LogP contribution in [0.2, 0.25) is 0 Å². The van der Waals surface area contributed by atoms with Gasteiger partial charge in [-0.3, -0.25) is 9.59 Å². The summed E-state index contributed by atoms with van der Waals surface area (Å²) in [4.78, 5) is 36.0. The summed E-state index contributed by atoms with van der Waals surface area (Å²) >= 11 is 0. The number of methoxy groups -OCH3 is 1. The zero-order valence-corrected chi connectivity index (χ0v) is 14.7. The zero-order chi connectivity index (χ0) is 18.7. The number of esters is 1. The van der Waals surface area contributed by atoms with Crippen LogP contribution in [-0.4, -0.2) is 24.9 Å². The van der Waals surface area contributed by atoms with Gasteiger partial charge >= 0.3 is 5.97 Å². The average Bonchev–Trinajstić information content (AvgIpc) is 3.48. The molecule has 0 heterocycles. The van der Waals surface area contributed by atoms with Gasteiger partial charge in [0.25, 0.3) is 5.91 Å². The summed E-state index contributed by atoms with van der Waals surface area (Å²) in [6, 6.07) is 11.8. The highest BCUT2D eigenvalue weighted by atomic mass is 16.5. The molecule has 1 aliphatic rings. The van der Waals surface area contributed by atoms with Crippen molar-refractivity contribution in [1.29, 1.82) is 0 Å². The van der Waals surface area contributed by atoms with Crippen LogP contribution in [0.4, 0.5) is 11.4 Å². The Morgan fingerprint density at radius 3 is 2.31 bits per heavy atom. The molecule has 0 aromatic heterocycles. The lowest BCUT2D eigenvalue weighted by Crippen LogP contribution is -2.15. The van der Waals surface area contributed by atoms with Crippen LogP contribution < -0.4 is 10.6 Å². The number of nitrogens with one attached hydrogen (secondary N) is 2. The normalized spacial score (nSPS) is 13.0. The smallest absolute Gasteiger partial charge is 0.338 e. The van der Waals surface area contributed by atoms with Crippen molar-refractivity contribution in [2.45, 2.75) is 19.8 Å². The molecular weight excluding hydrogens is 332 g/mol. The SMILES string of the molecule is COC(=O)c1cccc(NC(=O)c2ccc(NC(=O)C3CC3)cc2)c1C. The van der Waals surface area contributed by atoms with Crippen molar-refractivity contribution in [2.75, 3.05) is 17.7 Å². The number of hydrogen-bond acceptors (Lipinski definition) is 4. The molecule has 6 nitrogen and oxygen atoms in total. The van der Waals surface area contributed by atoms with Crippen molar-refractivity contribution in [1.82, 2.24) is 0 Å². The van der Waals surface area contributed by atoms with Gasteiger partial charge in [-0.25, -0.2) is 4.79 Å². The maximum Gasteiger partial charge on any atom is 0.338 e. The Balaban J connectivity index is 1.70. The summed E-state index contributed by atoms with van der Waals surface area (Å²) in [6.07, 6.45) is 1.88. The molecule has 2 N–H and O–H groups in total. The van der Waals surface area contributed by atoms with E-state index in [9.17, 15) is 14.4 Å². The van der Waals surface area contributed by atoms with Gasteiger partial charge in [0.15, 0.2) is 0 Å². The second kappa shape index (κ2) is 7.39. The fraction of sp³-hybridized carbons (Fsp3) is 0.250. The summed E-state index contributed by atoms with van der Waals surface area (Å²) in [5.41, 5.74) is 2.72. The standard InChI is InChI=1S/C20H20N2O4/c1-12-16(20(25)26-2)4-3-5-17(12)22-19(24)14-8-10-15(11-9-14)21-18(23)13-6-7-13/h3-5,8-11,13H,6-7H2,1-2H3,(H,21,23)(H,22,24).